The van der Waals surface area contributed by atoms with Crippen LogP contribution >= 0.6 is 0 Å². The minimum atomic E-state index is -0.823. The van der Waals surface area contributed by atoms with Crippen molar-refractivity contribution in [2.24, 2.45) is 0 Å². The van der Waals surface area contributed by atoms with Gasteiger partial charge in [0.25, 0.3) is 0 Å². The molecule has 60 heavy (non-hydrogen) atoms. The Balaban J connectivity index is 4.56. The molecule has 1 atom stereocenters. The molecule has 0 radical (unpaired) electrons. The van der Waals surface area contributed by atoms with E-state index in [9.17, 15) is 14.4 Å². The highest BCUT2D eigenvalue weighted by molar-refractivity contribution is 5.71. The monoisotopic (exact) mass is 831 g/mol. The van der Waals surface area contributed by atoms with Crippen LogP contribution in [0.25, 0.3) is 0 Å². The van der Waals surface area contributed by atoms with Crippen molar-refractivity contribution in [2.45, 2.75) is 200 Å². The molecule has 0 bridgehead atoms. The van der Waals surface area contributed by atoms with Gasteiger partial charge in [0.1, 0.15) is 13.2 Å². The van der Waals surface area contributed by atoms with E-state index in [1.54, 1.807) is 0 Å². The third-order valence-electron chi connectivity index (χ3n) is 9.54. The third-order valence-corrected chi connectivity index (χ3v) is 9.54. The van der Waals surface area contributed by atoms with E-state index >= 15 is 0 Å². The van der Waals surface area contributed by atoms with Gasteiger partial charge in [-0.15, -0.1) is 0 Å². The van der Waals surface area contributed by atoms with Crippen LogP contribution in [0, 0.1) is 0 Å². The fourth-order valence-electron chi connectivity index (χ4n) is 6.01. The number of hydrogen-bond donors (Lipinski definition) is 0. The summed E-state index contributed by atoms with van der Waals surface area (Å²) in [4.78, 5) is 37.8. The van der Waals surface area contributed by atoms with Gasteiger partial charge in [0, 0.05) is 19.3 Å². The quantitative estimate of drug-likeness (QED) is 0.0264. The van der Waals surface area contributed by atoms with Crippen molar-refractivity contribution in [1.29, 1.82) is 0 Å². The molecule has 0 aromatic rings. The number of unbranched alkanes of at least 4 members (excludes halogenated alkanes) is 12. The highest BCUT2D eigenvalue weighted by atomic mass is 16.6. The Kier molecular flexibility index (Phi) is 44.6. The molecule has 0 N–H and O–H groups in total. The van der Waals surface area contributed by atoms with Gasteiger partial charge in [0.2, 0.25) is 0 Å². The van der Waals surface area contributed by atoms with Crippen LogP contribution in [-0.4, -0.2) is 37.2 Å². The molecule has 0 aliphatic carbocycles. The zero-order chi connectivity index (χ0) is 43.7. The van der Waals surface area contributed by atoms with Crippen molar-refractivity contribution >= 4 is 17.9 Å². The van der Waals surface area contributed by atoms with Gasteiger partial charge >= 0.3 is 17.9 Å². The lowest BCUT2D eigenvalue weighted by Gasteiger charge is -2.18. The van der Waals surface area contributed by atoms with Crippen LogP contribution in [0.15, 0.2) is 109 Å². The number of rotatable bonds is 41. The summed E-state index contributed by atoms with van der Waals surface area (Å²) in [5.41, 5.74) is 0. The van der Waals surface area contributed by atoms with E-state index in [1.165, 1.54) is 44.9 Å². The van der Waals surface area contributed by atoms with E-state index in [2.05, 4.69) is 118 Å². The van der Waals surface area contributed by atoms with Gasteiger partial charge in [-0.1, -0.05) is 194 Å². The smallest absolute Gasteiger partial charge is 0.306 e. The zero-order valence-corrected chi connectivity index (χ0v) is 38.4. The van der Waals surface area contributed by atoms with Crippen molar-refractivity contribution in [3.8, 4) is 0 Å². The van der Waals surface area contributed by atoms with Crippen LogP contribution in [0.1, 0.15) is 194 Å². The number of esters is 3. The average molecular weight is 831 g/mol. The molecule has 0 amide bonds. The topological polar surface area (TPSA) is 78.9 Å². The SMILES string of the molecule is CC/C=C\C/C=C\C/C=C\C/C=C\C/C=C\CCC(=O)OCC(COC(=O)CCCCCCCCCCCC)OC(=O)CCCCC/C=C\C/C=C\C/C=C\C/C=C\CC. The van der Waals surface area contributed by atoms with Gasteiger partial charge in [-0.05, 0) is 89.9 Å². The molecule has 0 aromatic carbocycles. The molecule has 0 heterocycles. The van der Waals surface area contributed by atoms with E-state index in [0.717, 1.165) is 96.3 Å². The maximum absolute atomic E-state index is 12.7. The molecule has 0 aliphatic rings. The van der Waals surface area contributed by atoms with Crippen LogP contribution in [0.3, 0.4) is 0 Å². The summed E-state index contributed by atoms with van der Waals surface area (Å²) >= 11 is 0. The second kappa shape index (κ2) is 47.7. The van der Waals surface area contributed by atoms with Crippen molar-refractivity contribution in [3.63, 3.8) is 0 Å². The summed E-state index contributed by atoms with van der Waals surface area (Å²) in [6.45, 7) is 6.28. The van der Waals surface area contributed by atoms with E-state index < -0.39 is 6.10 Å². The number of carbonyl (C=O) groups is 3. The Bertz CT molecular complexity index is 1280. The Labute approximate surface area is 368 Å². The first-order valence-corrected chi connectivity index (χ1v) is 23.9. The van der Waals surface area contributed by atoms with E-state index in [1.807, 2.05) is 12.2 Å². The van der Waals surface area contributed by atoms with Crippen molar-refractivity contribution < 1.29 is 28.6 Å². The van der Waals surface area contributed by atoms with E-state index in [0.29, 0.717) is 19.3 Å². The molecule has 338 valence electrons. The summed E-state index contributed by atoms with van der Waals surface area (Å²) in [6.07, 6.45) is 63.7. The van der Waals surface area contributed by atoms with Gasteiger partial charge in [-0.3, -0.25) is 14.4 Å². The molecule has 0 rings (SSSR count). The van der Waals surface area contributed by atoms with Gasteiger partial charge in [0.05, 0.1) is 0 Å². The molecular weight excluding hydrogens is 745 g/mol. The molecule has 0 fully saturated rings. The molecule has 0 aromatic heterocycles. The maximum atomic E-state index is 12.7. The summed E-state index contributed by atoms with van der Waals surface area (Å²) < 4.78 is 16.6. The molecule has 1 unspecified atom stereocenters. The normalized spacial score (nSPS) is 13.1. The number of ether oxygens (including phenoxy) is 3. The average Bonchev–Trinajstić information content (AvgIpc) is 3.24. The summed E-state index contributed by atoms with van der Waals surface area (Å²) in [5, 5.41) is 0. The first-order valence-electron chi connectivity index (χ1n) is 23.9. The van der Waals surface area contributed by atoms with Gasteiger partial charge < -0.3 is 14.2 Å². The highest BCUT2D eigenvalue weighted by Crippen LogP contribution is 2.13. The van der Waals surface area contributed by atoms with Gasteiger partial charge in [0.15, 0.2) is 6.10 Å². The lowest BCUT2D eigenvalue weighted by atomic mass is 10.1. The molecule has 0 aliphatic heterocycles. The largest absolute Gasteiger partial charge is 0.462 e. The van der Waals surface area contributed by atoms with Crippen LogP contribution in [0.2, 0.25) is 0 Å². The van der Waals surface area contributed by atoms with Crippen LogP contribution < -0.4 is 0 Å². The first-order chi connectivity index (χ1) is 29.5. The molecule has 6 heteroatoms. The predicted octanol–water partition coefficient (Wildman–Crippen LogP) is 15.6. The van der Waals surface area contributed by atoms with Crippen LogP contribution in [-0.2, 0) is 28.6 Å². The van der Waals surface area contributed by atoms with Crippen LogP contribution in [0.4, 0.5) is 0 Å². The molecule has 0 saturated heterocycles. The molecule has 6 nitrogen and oxygen atoms in total. The van der Waals surface area contributed by atoms with E-state index in [-0.39, 0.29) is 44.0 Å². The first kappa shape index (κ1) is 56.1. The number of allylic oxidation sites excluding steroid dienone is 18. The van der Waals surface area contributed by atoms with Crippen molar-refractivity contribution in [2.75, 3.05) is 13.2 Å². The molecule has 0 spiro atoms. The standard InChI is InChI=1S/C54H86O6/c1-4-7-10-13-16-19-22-24-26-28-30-32-35-38-41-44-47-53(56)59-50-51(49-58-52(55)46-43-40-37-34-21-18-15-12-9-6-3)60-54(57)48-45-42-39-36-33-31-29-27-25-23-20-17-14-11-8-5-2/h7-8,10-11,16-17,19-20,24-27,30-33,38,41,51H,4-6,9,12-15,18,21-23,28-29,34-37,39-40,42-50H2,1-3H3/b10-7-,11-8-,19-16-,20-17-,26-24-,27-25-,32-30-,33-31-,41-38-. The Morgan fingerprint density at radius 3 is 1.12 bits per heavy atom. The zero-order valence-electron chi connectivity index (χ0n) is 38.4. The maximum Gasteiger partial charge on any atom is 0.306 e. The van der Waals surface area contributed by atoms with Crippen molar-refractivity contribution in [3.05, 3.63) is 109 Å². The Hall–Kier alpha value is -3.93. The van der Waals surface area contributed by atoms with Crippen molar-refractivity contribution in [1.82, 2.24) is 0 Å². The number of hydrogen-bond acceptors (Lipinski definition) is 6. The third kappa shape index (κ3) is 45.2. The van der Waals surface area contributed by atoms with Gasteiger partial charge in [-0.2, -0.15) is 0 Å². The Morgan fingerprint density at radius 2 is 0.683 bits per heavy atom. The van der Waals surface area contributed by atoms with Gasteiger partial charge in [-0.25, -0.2) is 0 Å². The summed E-state index contributed by atoms with van der Waals surface area (Å²) in [7, 11) is 0. The molecular formula is C54H86O6. The van der Waals surface area contributed by atoms with Crippen LogP contribution in [0.5, 0.6) is 0 Å². The highest BCUT2D eigenvalue weighted by Gasteiger charge is 2.19. The summed E-state index contributed by atoms with van der Waals surface area (Å²) in [5.74, 6) is -1.04. The predicted molar refractivity (Wildman–Crippen MR) is 256 cm³/mol. The second-order valence-corrected chi connectivity index (χ2v) is 15.3. The minimum Gasteiger partial charge on any atom is -0.462 e. The minimum absolute atomic E-state index is 0.115. The lowest BCUT2D eigenvalue weighted by Crippen LogP contribution is -2.30. The Morgan fingerprint density at radius 1 is 0.350 bits per heavy atom. The molecule has 0 saturated carbocycles. The fraction of sp³-hybridized carbons (Fsp3) is 0.611. The summed E-state index contributed by atoms with van der Waals surface area (Å²) in [6, 6.07) is 0. The number of carbonyl (C=O) groups excluding carboxylic acids is 3. The second-order valence-electron chi connectivity index (χ2n) is 15.3. The van der Waals surface area contributed by atoms with E-state index in [4.69, 9.17) is 14.2 Å². The fourth-order valence-corrected chi connectivity index (χ4v) is 6.01. The lowest BCUT2D eigenvalue weighted by molar-refractivity contribution is -0.166.